The van der Waals surface area contributed by atoms with Crippen LogP contribution >= 0.6 is 0 Å². The average molecular weight is 439 g/mol. The molecule has 9 nitrogen and oxygen atoms in total. The second-order valence-electron chi connectivity index (χ2n) is 7.79. The minimum atomic E-state index is -1.05. The number of anilines is 1. The Labute approximate surface area is 185 Å². The number of fused-ring (bicyclic) bond motifs is 2. The molecule has 9 heteroatoms. The summed E-state index contributed by atoms with van der Waals surface area (Å²) >= 11 is 0. The van der Waals surface area contributed by atoms with Gasteiger partial charge in [0.2, 0.25) is 18.6 Å². The van der Waals surface area contributed by atoms with Crippen LogP contribution in [0.5, 0.6) is 11.5 Å². The van der Waals surface area contributed by atoms with Crippen LogP contribution in [0.4, 0.5) is 5.69 Å². The van der Waals surface area contributed by atoms with Crippen molar-refractivity contribution in [1.29, 1.82) is 0 Å². The van der Waals surface area contributed by atoms with Crippen molar-refractivity contribution in [1.82, 2.24) is 10.6 Å². The van der Waals surface area contributed by atoms with Gasteiger partial charge in [0, 0.05) is 25.1 Å². The van der Waals surface area contributed by atoms with Gasteiger partial charge in [-0.25, -0.2) is 0 Å². The second-order valence-corrected chi connectivity index (χ2v) is 7.79. The van der Waals surface area contributed by atoms with Crippen LogP contribution in [-0.4, -0.2) is 36.2 Å². The Kier molecular flexibility index (Phi) is 6.55. The zero-order chi connectivity index (χ0) is 22.5. The summed E-state index contributed by atoms with van der Waals surface area (Å²) in [5, 5.41) is 18.1. The summed E-state index contributed by atoms with van der Waals surface area (Å²) in [7, 11) is 0. The van der Waals surface area contributed by atoms with Gasteiger partial charge in [0.05, 0.1) is 12.5 Å². The van der Waals surface area contributed by atoms with Crippen LogP contribution in [0.3, 0.4) is 0 Å². The number of hydrogen-bond acceptors (Lipinski definition) is 6. The molecule has 0 bridgehead atoms. The van der Waals surface area contributed by atoms with Gasteiger partial charge in [-0.05, 0) is 53.9 Å². The monoisotopic (exact) mass is 439 g/mol. The number of hydrogen-bond donors (Lipinski definition) is 4. The Morgan fingerprint density at radius 1 is 1.00 bits per heavy atom. The fourth-order valence-corrected chi connectivity index (χ4v) is 3.83. The second kappa shape index (κ2) is 9.69. The number of benzene rings is 2. The Bertz CT molecular complexity index is 1040. The molecule has 0 saturated heterocycles. The van der Waals surface area contributed by atoms with Crippen molar-refractivity contribution in [2.24, 2.45) is 0 Å². The smallest absolute Gasteiger partial charge is 0.305 e. The third-order valence-corrected chi connectivity index (χ3v) is 5.47. The largest absolute Gasteiger partial charge is 0.481 e. The summed E-state index contributed by atoms with van der Waals surface area (Å²) in [5.74, 6) is -0.649. The maximum absolute atomic E-state index is 12.4. The molecule has 0 fully saturated rings. The standard InChI is InChI=1S/C23H25N3O6/c27-21(25-17-3-1-14-7-8-24-12-16(14)9-17)5-6-22(28)26-18(11-23(29)30)15-2-4-19-20(10-15)32-13-31-19/h1-4,9-10,18,24H,5-8,11-13H2,(H,25,27)(H,26,28)(H,29,30). The van der Waals surface area contributed by atoms with Gasteiger partial charge in [-0.3, -0.25) is 14.4 Å². The number of aliphatic carboxylic acids is 1. The van der Waals surface area contributed by atoms with Crippen LogP contribution < -0.4 is 25.4 Å². The van der Waals surface area contributed by atoms with Gasteiger partial charge in [-0.1, -0.05) is 12.1 Å². The van der Waals surface area contributed by atoms with Gasteiger partial charge in [0.25, 0.3) is 0 Å². The SMILES string of the molecule is O=C(O)CC(NC(=O)CCC(=O)Nc1ccc2c(c1)CNCC2)c1ccc2c(c1)OCO2. The molecule has 168 valence electrons. The highest BCUT2D eigenvalue weighted by Crippen LogP contribution is 2.34. The van der Waals surface area contributed by atoms with Crippen LogP contribution in [0.15, 0.2) is 36.4 Å². The molecule has 1 unspecified atom stereocenters. The lowest BCUT2D eigenvalue weighted by Crippen LogP contribution is -2.30. The van der Waals surface area contributed by atoms with Crippen LogP contribution in [0.1, 0.15) is 42.0 Å². The predicted molar refractivity (Wildman–Crippen MR) is 115 cm³/mol. The van der Waals surface area contributed by atoms with Gasteiger partial charge in [0.1, 0.15) is 0 Å². The van der Waals surface area contributed by atoms with E-state index in [1.54, 1.807) is 18.2 Å². The van der Waals surface area contributed by atoms with E-state index in [1.807, 2.05) is 18.2 Å². The minimum absolute atomic E-state index is 0.0118. The van der Waals surface area contributed by atoms with E-state index < -0.39 is 17.9 Å². The zero-order valence-corrected chi connectivity index (χ0v) is 17.5. The molecule has 4 rings (SSSR count). The van der Waals surface area contributed by atoms with E-state index in [1.165, 1.54) is 5.56 Å². The number of carboxylic acids is 1. The van der Waals surface area contributed by atoms with Gasteiger partial charge in [-0.15, -0.1) is 0 Å². The van der Waals surface area contributed by atoms with Crippen LogP contribution in [0, 0.1) is 0 Å². The molecule has 0 aromatic heterocycles. The maximum Gasteiger partial charge on any atom is 0.305 e. The number of carbonyl (C=O) groups excluding carboxylic acids is 2. The number of nitrogens with one attached hydrogen (secondary N) is 3. The van der Waals surface area contributed by atoms with Crippen molar-refractivity contribution >= 4 is 23.5 Å². The average Bonchev–Trinajstić information content (AvgIpc) is 3.25. The molecule has 2 aromatic rings. The van der Waals surface area contributed by atoms with Gasteiger partial charge in [0.15, 0.2) is 11.5 Å². The summed E-state index contributed by atoms with van der Waals surface area (Å²) in [6.45, 7) is 1.82. The van der Waals surface area contributed by atoms with E-state index in [0.29, 0.717) is 22.7 Å². The van der Waals surface area contributed by atoms with Crippen molar-refractivity contribution in [3.63, 3.8) is 0 Å². The molecule has 2 aromatic carbocycles. The highest BCUT2D eigenvalue weighted by molar-refractivity contribution is 5.93. The fraction of sp³-hybridized carbons (Fsp3) is 0.348. The van der Waals surface area contributed by atoms with Crippen molar-refractivity contribution in [2.45, 2.75) is 38.3 Å². The molecule has 2 amide bonds. The highest BCUT2D eigenvalue weighted by atomic mass is 16.7. The van der Waals surface area contributed by atoms with Crippen molar-refractivity contribution in [3.8, 4) is 11.5 Å². The summed E-state index contributed by atoms with van der Waals surface area (Å²) in [6, 6.07) is 10.1. The molecule has 0 spiro atoms. The zero-order valence-electron chi connectivity index (χ0n) is 17.5. The Hall–Kier alpha value is -3.59. The molecular weight excluding hydrogens is 414 g/mol. The molecule has 0 aliphatic carbocycles. The lowest BCUT2D eigenvalue weighted by Gasteiger charge is -2.18. The third kappa shape index (κ3) is 5.36. The molecular formula is C23H25N3O6. The highest BCUT2D eigenvalue weighted by Gasteiger charge is 2.22. The van der Waals surface area contributed by atoms with E-state index >= 15 is 0 Å². The Morgan fingerprint density at radius 3 is 2.66 bits per heavy atom. The van der Waals surface area contributed by atoms with Gasteiger partial charge in [-0.2, -0.15) is 0 Å². The summed E-state index contributed by atoms with van der Waals surface area (Å²) in [6.07, 6.45) is 0.604. The van der Waals surface area contributed by atoms with Crippen LogP contribution in [0.2, 0.25) is 0 Å². The molecule has 2 aliphatic heterocycles. The lowest BCUT2D eigenvalue weighted by molar-refractivity contribution is -0.138. The topological polar surface area (TPSA) is 126 Å². The normalized spacial score (nSPS) is 14.9. The van der Waals surface area contributed by atoms with Crippen LogP contribution in [-0.2, 0) is 27.3 Å². The maximum atomic E-state index is 12.4. The Morgan fingerprint density at radius 2 is 1.81 bits per heavy atom. The number of rotatable bonds is 8. The summed E-state index contributed by atoms with van der Waals surface area (Å²) in [4.78, 5) is 36.1. The summed E-state index contributed by atoms with van der Waals surface area (Å²) < 4.78 is 10.6. The number of carbonyl (C=O) groups is 3. The van der Waals surface area contributed by atoms with E-state index in [-0.39, 0.29) is 32.0 Å². The molecule has 2 heterocycles. The van der Waals surface area contributed by atoms with E-state index in [2.05, 4.69) is 16.0 Å². The van der Waals surface area contributed by atoms with Crippen LogP contribution in [0.25, 0.3) is 0 Å². The molecule has 4 N–H and O–H groups in total. The lowest BCUT2D eigenvalue weighted by atomic mass is 10.0. The predicted octanol–water partition coefficient (Wildman–Crippen LogP) is 2.11. The fourth-order valence-electron chi connectivity index (χ4n) is 3.83. The third-order valence-electron chi connectivity index (χ3n) is 5.47. The molecule has 32 heavy (non-hydrogen) atoms. The summed E-state index contributed by atoms with van der Waals surface area (Å²) in [5.41, 5.74) is 3.72. The molecule has 1 atom stereocenters. The molecule has 0 radical (unpaired) electrons. The first-order valence-electron chi connectivity index (χ1n) is 10.5. The van der Waals surface area contributed by atoms with Crippen molar-refractivity contribution in [3.05, 3.63) is 53.1 Å². The first-order valence-corrected chi connectivity index (χ1v) is 10.5. The first-order chi connectivity index (χ1) is 15.5. The number of carboxylic acid groups (broad SMARTS) is 1. The number of amides is 2. The minimum Gasteiger partial charge on any atom is -0.481 e. The van der Waals surface area contributed by atoms with Crippen molar-refractivity contribution in [2.75, 3.05) is 18.7 Å². The molecule has 0 saturated carbocycles. The van der Waals surface area contributed by atoms with Gasteiger partial charge < -0.3 is 30.5 Å². The van der Waals surface area contributed by atoms with E-state index in [0.717, 1.165) is 25.1 Å². The first kappa shape index (κ1) is 21.6. The quantitative estimate of drug-likeness (QED) is 0.496. The van der Waals surface area contributed by atoms with Gasteiger partial charge >= 0.3 is 5.97 Å². The van der Waals surface area contributed by atoms with Crippen molar-refractivity contribution < 1.29 is 29.0 Å². The Balaban J connectivity index is 1.32. The van der Waals surface area contributed by atoms with E-state index in [9.17, 15) is 19.5 Å². The number of ether oxygens (including phenoxy) is 2. The molecule has 2 aliphatic rings. The van der Waals surface area contributed by atoms with E-state index in [4.69, 9.17) is 9.47 Å².